The van der Waals surface area contributed by atoms with E-state index in [1.54, 1.807) is 11.0 Å². The Balaban J connectivity index is 2.23. The molecular formula is C20H25ClN2O3S. The number of rotatable bonds is 9. The summed E-state index contributed by atoms with van der Waals surface area (Å²) >= 11 is 6.12. The molecule has 27 heavy (non-hydrogen) atoms. The van der Waals surface area contributed by atoms with Gasteiger partial charge < -0.3 is 4.90 Å². The van der Waals surface area contributed by atoms with Gasteiger partial charge in [-0.05, 0) is 37.1 Å². The maximum Gasteiger partial charge on any atom is 0.253 e. The van der Waals surface area contributed by atoms with Crippen molar-refractivity contribution in [2.45, 2.75) is 38.1 Å². The minimum absolute atomic E-state index is 0.0857. The molecule has 0 aromatic heterocycles. The SMILES string of the molecule is CCCCN(CC)C(=O)c1ccc(Cl)c(S(=O)(=O)NCc2ccccc2)c1. The van der Waals surface area contributed by atoms with Crippen LogP contribution in [0, 0.1) is 0 Å². The molecule has 146 valence electrons. The molecule has 1 N–H and O–H groups in total. The summed E-state index contributed by atoms with van der Waals surface area (Å²) in [7, 11) is -3.85. The fourth-order valence-electron chi connectivity index (χ4n) is 2.63. The number of halogens is 1. The molecule has 2 aromatic carbocycles. The largest absolute Gasteiger partial charge is 0.339 e. The summed E-state index contributed by atoms with van der Waals surface area (Å²) in [6.45, 7) is 5.32. The average Bonchev–Trinajstić information content (AvgIpc) is 2.68. The Morgan fingerprint density at radius 1 is 1.11 bits per heavy atom. The van der Waals surface area contributed by atoms with Gasteiger partial charge in [-0.15, -0.1) is 0 Å². The molecule has 0 aliphatic rings. The predicted octanol–water partition coefficient (Wildman–Crippen LogP) is 4.08. The van der Waals surface area contributed by atoms with Gasteiger partial charge in [0.15, 0.2) is 0 Å². The van der Waals surface area contributed by atoms with E-state index in [1.807, 2.05) is 37.3 Å². The first-order valence-electron chi connectivity index (χ1n) is 9.01. The smallest absolute Gasteiger partial charge is 0.253 e. The highest BCUT2D eigenvalue weighted by Gasteiger charge is 2.21. The highest BCUT2D eigenvalue weighted by Crippen LogP contribution is 2.23. The van der Waals surface area contributed by atoms with E-state index < -0.39 is 10.0 Å². The van der Waals surface area contributed by atoms with E-state index in [2.05, 4.69) is 11.6 Å². The van der Waals surface area contributed by atoms with Crippen molar-refractivity contribution < 1.29 is 13.2 Å². The minimum Gasteiger partial charge on any atom is -0.339 e. The summed E-state index contributed by atoms with van der Waals surface area (Å²) in [4.78, 5) is 14.3. The van der Waals surface area contributed by atoms with Gasteiger partial charge in [0.1, 0.15) is 4.90 Å². The lowest BCUT2D eigenvalue weighted by atomic mass is 10.2. The maximum absolute atomic E-state index is 12.7. The number of hydrogen-bond acceptors (Lipinski definition) is 3. The molecule has 0 saturated carbocycles. The number of hydrogen-bond donors (Lipinski definition) is 1. The lowest BCUT2D eigenvalue weighted by Gasteiger charge is -2.21. The van der Waals surface area contributed by atoms with E-state index in [0.29, 0.717) is 18.7 Å². The van der Waals surface area contributed by atoms with Gasteiger partial charge in [-0.25, -0.2) is 13.1 Å². The zero-order valence-electron chi connectivity index (χ0n) is 15.6. The Bertz CT molecular complexity index is 870. The van der Waals surface area contributed by atoms with Crippen LogP contribution >= 0.6 is 11.6 Å². The minimum atomic E-state index is -3.85. The average molecular weight is 409 g/mol. The van der Waals surface area contributed by atoms with Crippen molar-refractivity contribution in [2.75, 3.05) is 13.1 Å². The van der Waals surface area contributed by atoms with Crippen LogP contribution in [0.4, 0.5) is 0 Å². The summed E-state index contributed by atoms with van der Waals surface area (Å²) in [5, 5.41) is 0.0868. The molecule has 2 rings (SSSR count). The first kappa shape index (κ1) is 21.4. The topological polar surface area (TPSA) is 66.5 Å². The van der Waals surface area contributed by atoms with E-state index >= 15 is 0 Å². The Labute approximate surface area is 166 Å². The highest BCUT2D eigenvalue weighted by molar-refractivity contribution is 7.89. The van der Waals surface area contributed by atoms with E-state index in [-0.39, 0.29) is 22.4 Å². The van der Waals surface area contributed by atoms with Crippen LogP contribution in [0.5, 0.6) is 0 Å². The first-order valence-corrected chi connectivity index (χ1v) is 10.9. The van der Waals surface area contributed by atoms with Crippen molar-refractivity contribution in [3.63, 3.8) is 0 Å². The van der Waals surface area contributed by atoms with Gasteiger partial charge in [0, 0.05) is 25.2 Å². The second-order valence-corrected chi connectivity index (χ2v) is 8.34. The van der Waals surface area contributed by atoms with E-state index in [1.165, 1.54) is 12.1 Å². The molecule has 1 amide bonds. The molecule has 5 nitrogen and oxygen atoms in total. The van der Waals surface area contributed by atoms with Crippen molar-refractivity contribution in [1.82, 2.24) is 9.62 Å². The van der Waals surface area contributed by atoms with Crippen LogP contribution in [0.3, 0.4) is 0 Å². The van der Waals surface area contributed by atoms with Crippen molar-refractivity contribution >= 4 is 27.5 Å². The van der Waals surface area contributed by atoms with Crippen LogP contribution in [0.1, 0.15) is 42.6 Å². The molecule has 0 unspecified atom stereocenters. The molecule has 0 heterocycles. The molecule has 0 atom stereocenters. The third-order valence-corrected chi connectivity index (χ3v) is 6.11. The number of unbranched alkanes of at least 4 members (excludes halogenated alkanes) is 1. The van der Waals surface area contributed by atoms with Gasteiger partial charge in [-0.3, -0.25) is 4.79 Å². The Morgan fingerprint density at radius 2 is 1.81 bits per heavy atom. The summed E-state index contributed by atoms with van der Waals surface area (Å²) in [5.74, 6) is -0.192. The monoisotopic (exact) mass is 408 g/mol. The van der Waals surface area contributed by atoms with Gasteiger partial charge in [0.2, 0.25) is 10.0 Å². The molecular weight excluding hydrogens is 384 g/mol. The van der Waals surface area contributed by atoms with Gasteiger partial charge in [-0.2, -0.15) is 0 Å². The number of nitrogens with zero attached hydrogens (tertiary/aromatic N) is 1. The van der Waals surface area contributed by atoms with E-state index in [4.69, 9.17) is 11.6 Å². The first-order chi connectivity index (χ1) is 12.9. The lowest BCUT2D eigenvalue weighted by Crippen LogP contribution is -2.32. The fraction of sp³-hybridized carbons (Fsp3) is 0.350. The zero-order valence-corrected chi connectivity index (χ0v) is 17.2. The van der Waals surface area contributed by atoms with Gasteiger partial charge in [0.05, 0.1) is 5.02 Å². The third kappa shape index (κ3) is 5.79. The number of nitrogens with one attached hydrogen (secondary N) is 1. The Morgan fingerprint density at radius 3 is 2.44 bits per heavy atom. The molecule has 0 spiro atoms. The zero-order chi connectivity index (χ0) is 19.9. The van der Waals surface area contributed by atoms with Crippen LogP contribution < -0.4 is 4.72 Å². The molecule has 0 bridgehead atoms. The summed E-state index contributed by atoms with van der Waals surface area (Å²) in [5.41, 5.74) is 1.15. The van der Waals surface area contributed by atoms with E-state index in [0.717, 1.165) is 18.4 Å². The van der Waals surface area contributed by atoms with Gasteiger partial charge in [-0.1, -0.05) is 55.3 Å². The van der Waals surface area contributed by atoms with E-state index in [9.17, 15) is 13.2 Å². The lowest BCUT2D eigenvalue weighted by molar-refractivity contribution is 0.0762. The summed E-state index contributed by atoms with van der Waals surface area (Å²) in [6.07, 6.45) is 1.88. The van der Waals surface area contributed by atoms with Crippen molar-refractivity contribution in [1.29, 1.82) is 0 Å². The van der Waals surface area contributed by atoms with Crippen LogP contribution in [0.25, 0.3) is 0 Å². The number of sulfonamides is 1. The van der Waals surface area contributed by atoms with Crippen molar-refractivity contribution in [3.8, 4) is 0 Å². The quantitative estimate of drug-likeness (QED) is 0.679. The Hall–Kier alpha value is -1.89. The number of benzene rings is 2. The Kier molecular flexibility index (Phi) is 7.83. The highest BCUT2D eigenvalue weighted by atomic mass is 35.5. The second kappa shape index (κ2) is 9.88. The summed E-state index contributed by atoms with van der Waals surface area (Å²) in [6, 6.07) is 13.6. The molecule has 2 aromatic rings. The van der Waals surface area contributed by atoms with Gasteiger partial charge >= 0.3 is 0 Å². The molecule has 0 radical (unpaired) electrons. The van der Waals surface area contributed by atoms with Crippen LogP contribution in [-0.4, -0.2) is 32.3 Å². The molecule has 0 fully saturated rings. The van der Waals surface area contributed by atoms with Gasteiger partial charge in [0.25, 0.3) is 5.91 Å². The molecule has 0 aliphatic carbocycles. The third-order valence-electron chi connectivity index (χ3n) is 4.23. The van der Waals surface area contributed by atoms with Crippen molar-refractivity contribution in [3.05, 3.63) is 64.7 Å². The number of carbonyl (C=O) groups excluding carboxylic acids is 1. The standard InChI is InChI=1S/C20H25ClN2O3S/c1-3-5-13-23(4-2)20(24)17-11-12-18(21)19(14-17)27(25,26)22-15-16-9-7-6-8-10-16/h6-12,14,22H,3-5,13,15H2,1-2H3. The summed E-state index contributed by atoms with van der Waals surface area (Å²) < 4.78 is 27.9. The second-order valence-electron chi connectivity index (χ2n) is 6.19. The molecule has 0 aliphatic heterocycles. The fourth-order valence-corrected chi connectivity index (χ4v) is 4.17. The maximum atomic E-state index is 12.7. The molecule has 7 heteroatoms. The molecule has 0 saturated heterocycles. The van der Waals surface area contributed by atoms with Crippen molar-refractivity contribution in [2.24, 2.45) is 0 Å². The van der Waals surface area contributed by atoms with Crippen LogP contribution in [0.2, 0.25) is 5.02 Å². The number of carbonyl (C=O) groups is 1. The van der Waals surface area contributed by atoms with Crippen LogP contribution in [0.15, 0.2) is 53.4 Å². The predicted molar refractivity (Wildman–Crippen MR) is 108 cm³/mol. The number of amides is 1. The van der Waals surface area contributed by atoms with Crippen LogP contribution in [-0.2, 0) is 16.6 Å². The normalized spacial score (nSPS) is 11.4.